The Bertz CT molecular complexity index is 440. The van der Waals surface area contributed by atoms with Crippen LogP contribution in [0, 0.1) is 0 Å². The van der Waals surface area contributed by atoms with Crippen LogP contribution in [0.4, 0.5) is 5.69 Å². The lowest BCUT2D eigenvalue weighted by atomic mass is 9.91. The molecule has 1 aromatic rings. The van der Waals surface area contributed by atoms with Crippen LogP contribution in [0.25, 0.3) is 0 Å². The zero-order valence-corrected chi connectivity index (χ0v) is 12.3. The minimum absolute atomic E-state index is 0.0748. The molecule has 0 saturated heterocycles. The fraction of sp³-hybridized carbons (Fsp3) is 0.562. The number of carbonyl (C=O) groups excluding carboxylic acids is 1. The van der Waals surface area contributed by atoms with Gasteiger partial charge in [0.1, 0.15) is 5.75 Å². The van der Waals surface area contributed by atoms with Gasteiger partial charge in [-0.1, -0.05) is 6.07 Å². The molecule has 0 heterocycles. The number of rotatable bonds is 5. The molecule has 4 nitrogen and oxygen atoms in total. The Morgan fingerprint density at radius 3 is 2.60 bits per heavy atom. The molecule has 1 aliphatic carbocycles. The van der Waals surface area contributed by atoms with Crippen LogP contribution in [0.3, 0.4) is 0 Å². The topological polar surface area (TPSA) is 50.4 Å². The highest BCUT2D eigenvalue weighted by molar-refractivity contribution is 5.73. The molecule has 1 amide bonds. The lowest BCUT2D eigenvalue weighted by Gasteiger charge is -2.30. The Kier molecular flexibility index (Phi) is 5.27. The molecule has 0 aliphatic heterocycles. The summed E-state index contributed by atoms with van der Waals surface area (Å²) in [4.78, 5) is 11.0. The van der Waals surface area contributed by atoms with Crippen molar-refractivity contribution in [2.75, 3.05) is 11.9 Å². The van der Waals surface area contributed by atoms with Crippen LogP contribution in [0.2, 0.25) is 0 Å². The van der Waals surface area contributed by atoms with E-state index >= 15 is 0 Å². The van der Waals surface area contributed by atoms with Crippen molar-refractivity contribution in [3.05, 3.63) is 24.3 Å². The zero-order valence-electron chi connectivity index (χ0n) is 12.3. The first-order valence-electron chi connectivity index (χ1n) is 7.44. The summed E-state index contributed by atoms with van der Waals surface area (Å²) >= 11 is 0. The summed E-state index contributed by atoms with van der Waals surface area (Å²) in [6.45, 7) is 4.26. The second-order valence-corrected chi connectivity index (χ2v) is 5.35. The third kappa shape index (κ3) is 4.44. The molecule has 0 aromatic heterocycles. The maximum atomic E-state index is 11.0. The molecule has 0 unspecified atom stereocenters. The lowest BCUT2D eigenvalue weighted by molar-refractivity contribution is -0.119. The zero-order chi connectivity index (χ0) is 14.4. The van der Waals surface area contributed by atoms with E-state index in [2.05, 4.69) is 16.7 Å². The van der Waals surface area contributed by atoms with Gasteiger partial charge < -0.3 is 15.4 Å². The summed E-state index contributed by atoms with van der Waals surface area (Å²) in [5.41, 5.74) is 1.11. The van der Waals surface area contributed by atoms with E-state index in [1.54, 1.807) is 6.92 Å². The molecule has 0 bridgehead atoms. The van der Waals surface area contributed by atoms with E-state index in [9.17, 15) is 4.79 Å². The number of benzene rings is 1. The van der Waals surface area contributed by atoms with Gasteiger partial charge in [0.2, 0.25) is 5.91 Å². The first-order chi connectivity index (χ1) is 9.67. The van der Waals surface area contributed by atoms with Crippen LogP contribution in [-0.2, 0) is 4.79 Å². The van der Waals surface area contributed by atoms with Crippen molar-refractivity contribution in [3.63, 3.8) is 0 Å². The Balaban J connectivity index is 1.83. The molecule has 110 valence electrons. The smallest absolute Gasteiger partial charge is 0.217 e. The van der Waals surface area contributed by atoms with Gasteiger partial charge in [0.05, 0.1) is 6.61 Å². The number of hydrogen-bond acceptors (Lipinski definition) is 3. The molecule has 1 aliphatic rings. The SMILES string of the molecule is CCOc1cccc(NC2CCC(NC(C)=O)CC2)c1. The Labute approximate surface area is 120 Å². The second kappa shape index (κ2) is 7.17. The van der Waals surface area contributed by atoms with Gasteiger partial charge in [0.15, 0.2) is 0 Å². The Hall–Kier alpha value is -1.71. The average Bonchev–Trinajstić information content (AvgIpc) is 2.41. The van der Waals surface area contributed by atoms with E-state index in [4.69, 9.17) is 4.74 Å². The molecular weight excluding hydrogens is 252 g/mol. The van der Waals surface area contributed by atoms with Gasteiger partial charge in [0, 0.05) is 30.8 Å². The van der Waals surface area contributed by atoms with Crippen LogP contribution in [0.5, 0.6) is 5.75 Å². The van der Waals surface area contributed by atoms with Gasteiger partial charge in [0.25, 0.3) is 0 Å². The van der Waals surface area contributed by atoms with Gasteiger partial charge in [-0.05, 0) is 44.7 Å². The average molecular weight is 276 g/mol. The summed E-state index contributed by atoms with van der Waals surface area (Å²) in [6, 6.07) is 8.93. The molecule has 0 radical (unpaired) electrons. The fourth-order valence-corrected chi connectivity index (χ4v) is 2.75. The van der Waals surface area contributed by atoms with Crippen molar-refractivity contribution < 1.29 is 9.53 Å². The van der Waals surface area contributed by atoms with Crippen LogP contribution < -0.4 is 15.4 Å². The van der Waals surface area contributed by atoms with Gasteiger partial charge in [-0.25, -0.2) is 0 Å². The molecular formula is C16H24N2O2. The lowest BCUT2D eigenvalue weighted by Crippen LogP contribution is -2.39. The van der Waals surface area contributed by atoms with Crippen molar-refractivity contribution in [1.29, 1.82) is 0 Å². The number of nitrogens with one attached hydrogen (secondary N) is 2. The molecule has 1 fully saturated rings. The van der Waals surface area contributed by atoms with Crippen LogP contribution in [0.1, 0.15) is 39.5 Å². The minimum Gasteiger partial charge on any atom is -0.494 e. The standard InChI is InChI=1S/C16H24N2O2/c1-3-20-16-6-4-5-15(11-16)18-14-9-7-13(8-10-14)17-12(2)19/h4-6,11,13-14,18H,3,7-10H2,1-2H3,(H,17,19). The minimum atomic E-state index is 0.0748. The number of carbonyl (C=O) groups is 1. The number of hydrogen-bond donors (Lipinski definition) is 2. The molecule has 1 aromatic carbocycles. The van der Waals surface area contributed by atoms with E-state index < -0.39 is 0 Å². The third-order valence-electron chi connectivity index (χ3n) is 3.65. The van der Waals surface area contributed by atoms with E-state index in [1.165, 1.54) is 0 Å². The first-order valence-corrected chi connectivity index (χ1v) is 7.44. The normalized spacial score (nSPS) is 22.1. The highest BCUT2D eigenvalue weighted by Crippen LogP contribution is 2.24. The number of ether oxygens (including phenoxy) is 1. The Morgan fingerprint density at radius 2 is 1.95 bits per heavy atom. The van der Waals surface area contributed by atoms with Gasteiger partial charge >= 0.3 is 0 Å². The van der Waals surface area contributed by atoms with Gasteiger partial charge in [-0.3, -0.25) is 4.79 Å². The van der Waals surface area contributed by atoms with Gasteiger partial charge in [-0.15, -0.1) is 0 Å². The fourth-order valence-electron chi connectivity index (χ4n) is 2.75. The predicted octanol–water partition coefficient (Wildman–Crippen LogP) is 2.94. The van der Waals surface area contributed by atoms with E-state index in [0.29, 0.717) is 18.7 Å². The summed E-state index contributed by atoms with van der Waals surface area (Å²) in [5, 5.41) is 6.57. The summed E-state index contributed by atoms with van der Waals surface area (Å²) in [5.74, 6) is 0.982. The van der Waals surface area contributed by atoms with Crippen molar-refractivity contribution >= 4 is 11.6 Å². The predicted molar refractivity (Wildman–Crippen MR) is 81.1 cm³/mol. The highest BCUT2D eigenvalue weighted by atomic mass is 16.5. The molecule has 20 heavy (non-hydrogen) atoms. The van der Waals surface area contributed by atoms with Gasteiger partial charge in [-0.2, -0.15) is 0 Å². The summed E-state index contributed by atoms with van der Waals surface area (Å²) < 4.78 is 5.51. The summed E-state index contributed by atoms with van der Waals surface area (Å²) in [6.07, 6.45) is 4.26. The van der Waals surface area contributed by atoms with Crippen molar-refractivity contribution in [3.8, 4) is 5.75 Å². The molecule has 2 N–H and O–H groups in total. The second-order valence-electron chi connectivity index (χ2n) is 5.35. The maximum absolute atomic E-state index is 11.0. The third-order valence-corrected chi connectivity index (χ3v) is 3.65. The largest absolute Gasteiger partial charge is 0.494 e. The molecule has 4 heteroatoms. The van der Waals surface area contributed by atoms with Crippen LogP contribution >= 0.6 is 0 Å². The monoisotopic (exact) mass is 276 g/mol. The molecule has 1 saturated carbocycles. The maximum Gasteiger partial charge on any atom is 0.217 e. The van der Waals surface area contributed by atoms with Crippen LogP contribution in [0.15, 0.2) is 24.3 Å². The quantitative estimate of drug-likeness (QED) is 0.869. The van der Waals surface area contributed by atoms with Crippen LogP contribution in [-0.4, -0.2) is 24.6 Å². The van der Waals surface area contributed by atoms with E-state index in [-0.39, 0.29) is 5.91 Å². The highest BCUT2D eigenvalue weighted by Gasteiger charge is 2.21. The Morgan fingerprint density at radius 1 is 1.25 bits per heavy atom. The van der Waals surface area contributed by atoms with Crippen molar-refractivity contribution in [2.45, 2.75) is 51.6 Å². The van der Waals surface area contributed by atoms with E-state index in [1.807, 2.05) is 25.1 Å². The number of amides is 1. The molecule has 2 rings (SSSR count). The van der Waals surface area contributed by atoms with Crippen molar-refractivity contribution in [1.82, 2.24) is 5.32 Å². The molecule has 0 spiro atoms. The van der Waals surface area contributed by atoms with E-state index in [0.717, 1.165) is 37.1 Å². The molecule has 0 atom stereocenters. The first kappa shape index (κ1) is 14.7. The summed E-state index contributed by atoms with van der Waals surface area (Å²) in [7, 11) is 0. The number of anilines is 1. The van der Waals surface area contributed by atoms with Crippen molar-refractivity contribution in [2.24, 2.45) is 0 Å².